The van der Waals surface area contributed by atoms with E-state index in [1.165, 1.54) is 62.0 Å². The highest BCUT2D eigenvalue weighted by molar-refractivity contribution is 7.92. The van der Waals surface area contributed by atoms with E-state index in [0.717, 1.165) is 6.92 Å². The van der Waals surface area contributed by atoms with E-state index in [0.29, 0.717) is 9.87 Å². The number of rotatable bonds is 37. The summed E-state index contributed by atoms with van der Waals surface area (Å²) in [5.41, 5.74) is -0.520. The first-order chi connectivity index (χ1) is 37.8. The Kier molecular flexibility index (Phi) is 25.8. The number of ether oxygens (including phenoxy) is 12. The molecule has 0 bridgehead atoms. The molecule has 1 unspecified atom stereocenters. The molecule has 0 radical (unpaired) electrons. The Balaban J connectivity index is 1.72. The molecule has 2 heterocycles. The van der Waals surface area contributed by atoms with Crippen molar-refractivity contribution in [3.05, 3.63) is 103 Å². The fraction of sp³-hybridized carbons (Fsp3) is 0.477. The van der Waals surface area contributed by atoms with Crippen molar-refractivity contribution in [2.45, 2.75) is 37.3 Å². The van der Waals surface area contributed by atoms with Gasteiger partial charge in [0.05, 0.1) is 51.6 Å². The molecular formula is C44H54N8O26S. The van der Waals surface area contributed by atoms with Crippen molar-refractivity contribution in [1.29, 1.82) is 0 Å². The van der Waals surface area contributed by atoms with E-state index in [1.54, 1.807) is 26.0 Å². The third-order valence-corrected chi connectivity index (χ3v) is 11.4. The van der Waals surface area contributed by atoms with Gasteiger partial charge in [0.25, 0.3) is 31.2 Å². The third-order valence-electron chi connectivity index (χ3n) is 9.57. The van der Waals surface area contributed by atoms with Gasteiger partial charge >= 0.3 is 18.5 Å². The summed E-state index contributed by atoms with van der Waals surface area (Å²) >= 11 is 0. The molecule has 35 heteroatoms. The highest BCUT2D eigenvalue weighted by atomic mass is 32.2. The van der Waals surface area contributed by atoms with E-state index in [9.17, 15) is 44.7 Å². The van der Waals surface area contributed by atoms with Crippen LogP contribution in [-0.4, -0.2) is 175 Å². The average Bonchev–Trinajstić information content (AvgIpc) is 3.51. The molecule has 2 aromatic carbocycles. The van der Waals surface area contributed by atoms with Crippen LogP contribution >= 0.6 is 0 Å². The van der Waals surface area contributed by atoms with Crippen LogP contribution in [0.5, 0.6) is 23.1 Å². The summed E-state index contributed by atoms with van der Waals surface area (Å²) in [5, 5.41) is 28.0. The molecule has 4 aromatic rings. The molecule has 0 amide bonds. The SMILES string of the molecule is COc1ccccc1Oc1c(OCCOC(=O)OCCOCCO[N+](=O)[O-])nc(-c2ncccn2)nc1N(C(C)OC(=O)OCCOCCO[N+](=O)[O-])S(=O)(=O)c1ccc(C(C)(C)COC(=O)OCCOCCO[N+](=O)[O-])cc1. The number of anilines is 1. The van der Waals surface area contributed by atoms with Crippen molar-refractivity contribution in [2.24, 2.45) is 0 Å². The van der Waals surface area contributed by atoms with Gasteiger partial charge in [-0.15, -0.1) is 30.3 Å². The van der Waals surface area contributed by atoms with Crippen molar-refractivity contribution < 1.29 is 109 Å². The van der Waals surface area contributed by atoms with Gasteiger partial charge in [-0.25, -0.2) is 42.1 Å². The lowest BCUT2D eigenvalue weighted by molar-refractivity contribution is -0.758. The Morgan fingerprint density at radius 2 is 1.09 bits per heavy atom. The number of hydrogen-bond acceptors (Lipinski definition) is 30. The number of para-hydroxylation sites is 2. The van der Waals surface area contributed by atoms with Crippen molar-refractivity contribution in [3.8, 4) is 34.8 Å². The minimum Gasteiger partial charge on any atom is -0.493 e. The summed E-state index contributed by atoms with van der Waals surface area (Å²) in [6.07, 6.45) is -2.90. The van der Waals surface area contributed by atoms with Crippen LogP contribution in [0.1, 0.15) is 26.3 Å². The van der Waals surface area contributed by atoms with Gasteiger partial charge in [-0.1, -0.05) is 38.1 Å². The van der Waals surface area contributed by atoms with Gasteiger partial charge in [0.1, 0.15) is 59.5 Å². The summed E-state index contributed by atoms with van der Waals surface area (Å²) in [5.74, 6) is -2.21. The van der Waals surface area contributed by atoms with Crippen molar-refractivity contribution in [2.75, 3.05) is 111 Å². The Bertz CT molecular complexity index is 2710. The zero-order chi connectivity index (χ0) is 57.6. The largest absolute Gasteiger partial charge is 0.510 e. The second-order valence-electron chi connectivity index (χ2n) is 15.5. The molecular weight excluding hydrogens is 1090 g/mol. The van der Waals surface area contributed by atoms with Crippen LogP contribution in [-0.2, 0) is 72.6 Å². The lowest BCUT2D eigenvalue weighted by atomic mass is 9.86. The number of sulfonamides is 1. The van der Waals surface area contributed by atoms with Crippen LogP contribution in [0, 0.1) is 30.3 Å². The number of benzene rings is 2. The summed E-state index contributed by atoms with van der Waals surface area (Å²) in [6, 6.07) is 12.9. The maximum Gasteiger partial charge on any atom is 0.510 e. The van der Waals surface area contributed by atoms with Gasteiger partial charge in [0, 0.05) is 17.8 Å². The molecule has 34 nitrogen and oxygen atoms in total. The van der Waals surface area contributed by atoms with Crippen LogP contribution in [0.4, 0.5) is 20.2 Å². The van der Waals surface area contributed by atoms with E-state index in [-0.39, 0.29) is 95.8 Å². The maximum absolute atomic E-state index is 15.3. The van der Waals surface area contributed by atoms with Crippen LogP contribution < -0.4 is 18.5 Å². The van der Waals surface area contributed by atoms with Gasteiger partial charge < -0.3 is 71.4 Å². The summed E-state index contributed by atoms with van der Waals surface area (Å²) < 4.78 is 95.4. The number of aromatic nitrogens is 4. The second-order valence-corrected chi connectivity index (χ2v) is 17.4. The van der Waals surface area contributed by atoms with Gasteiger partial charge in [0.2, 0.25) is 11.6 Å². The molecule has 2 aromatic heterocycles. The topological polar surface area (TPSA) is 408 Å². The quantitative estimate of drug-likeness (QED) is 0.0153. The first kappa shape index (κ1) is 62.6. The van der Waals surface area contributed by atoms with Crippen molar-refractivity contribution >= 4 is 34.3 Å². The van der Waals surface area contributed by atoms with E-state index in [1.807, 2.05) is 0 Å². The lowest BCUT2D eigenvalue weighted by Gasteiger charge is -2.31. The average molecular weight is 1140 g/mol. The molecule has 0 saturated heterocycles. The lowest BCUT2D eigenvalue weighted by Crippen LogP contribution is -2.42. The minimum atomic E-state index is -5.04. The predicted molar refractivity (Wildman–Crippen MR) is 259 cm³/mol. The zero-order valence-electron chi connectivity index (χ0n) is 42.6. The highest BCUT2D eigenvalue weighted by Crippen LogP contribution is 2.44. The Morgan fingerprint density at radius 1 is 0.608 bits per heavy atom. The molecule has 0 aliphatic carbocycles. The standard InChI is InChI=1S/C44H54N8O26S/c1-31(77-43(55)72-24-18-67-21-29-76-52(60)61)49(79(62,63)33-12-10-32(11-13-33)44(2,3)30-73-42(54)70-23-17-66-20-28-75-51(58)59)39-36(78-35-9-6-5-8-34(35)64-4)40(48-38(47-39)37-45-14-7-15-46-37)68-25-26-71-41(53)69-22-16-65-19-27-74-50(56)57/h5-15,31H,16-30H2,1-4H3. The van der Waals surface area contributed by atoms with Crippen molar-refractivity contribution in [3.63, 3.8) is 0 Å². The molecule has 0 spiro atoms. The minimum absolute atomic E-state index is 0.0457. The van der Waals surface area contributed by atoms with E-state index in [4.69, 9.17) is 56.8 Å². The van der Waals surface area contributed by atoms with Gasteiger partial charge in [-0.2, -0.15) is 4.98 Å². The molecule has 0 fully saturated rings. The monoisotopic (exact) mass is 1140 g/mol. The zero-order valence-corrected chi connectivity index (χ0v) is 43.5. The predicted octanol–water partition coefficient (Wildman–Crippen LogP) is 4.07. The molecule has 0 aliphatic heterocycles. The summed E-state index contributed by atoms with van der Waals surface area (Å²) in [6.45, 7) is -0.0131. The van der Waals surface area contributed by atoms with E-state index >= 15 is 8.42 Å². The summed E-state index contributed by atoms with van der Waals surface area (Å²) in [7, 11) is -3.71. The van der Waals surface area contributed by atoms with Gasteiger partial charge in [-0.05, 0) is 42.8 Å². The van der Waals surface area contributed by atoms with E-state index in [2.05, 4.69) is 34.4 Å². The number of methoxy groups -OCH3 is 1. The first-order valence-corrected chi connectivity index (χ1v) is 24.5. The van der Waals surface area contributed by atoms with Crippen LogP contribution in [0.25, 0.3) is 11.6 Å². The van der Waals surface area contributed by atoms with Crippen LogP contribution in [0.2, 0.25) is 0 Å². The van der Waals surface area contributed by atoms with Crippen LogP contribution in [0.3, 0.4) is 0 Å². The number of carbonyl (C=O) groups excluding carboxylic acids is 3. The first-order valence-electron chi connectivity index (χ1n) is 23.1. The highest BCUT2D eigenvalue weighted by Gasteiger charge is 2.39. The fourth-order valence-electron chi connectivity index (χ4n) is 6.02. The molecule has 4 rings (SSSR count). The maximum atomic E-state index is 15.3. The van der Waals surface area contributed by atoms with Gasteiger partial charge in [-0.3, -0.25) is 0 Å². The third kappa shape index (κ3) is 21.9. The molecule has 79 heavy (non-hydrogen) atoms. The van der Waals surface area contributed by atoms with Gasteiger partial charge in [0.15, 0.2) is 29.4 Å². The normalized spacial score (nSPS) is 11.4. The fourth-order valence-corrected chi connectivity index (χ4v) is 7.51. The molecule has 0 N–H and O–H groups in total. The Labute approximate surface area is 448 Å². The molecule has 0 aliphatic rings. The molecule has 432 valence electrons. The number of nitrogens with zero attached hydrogens (tertiary/aromatic N) is 8. The van der Waals surface area contributed by atoms with Crippen molar-refractivity contribution in [1.82, 2.24) is 19.9 Å². The molecule has 0 saturated carbocycles. The smallest absolute Gasteiger partial charge is 0.493 e. The molecule has 1 atom stereocenters. The summed E-state index contributed by atoms with van der Waals surface area (Å²) in [4.78, 5) is 98.6. The Morgan fingerprint density at radius 3 is 1.61 bits per heavy atom. The van der Waals surface area contributed by atoms with E-state index < -0.39 is 104 Å². The Hall–Kier alpha value is -8.96. The van der Waals surface area contributed by atoms with Crippen LogP contribution in [0.15, 0.2) is 71.9 Å². The second kappa shape index (κ2) is 32.6. The number of carbonyl (C=O) groups is 3. The number of hydrogen-bond donors (Lipinski definition) is 0.